The molecule has 1 fully saturated rings. The number of hydrogen-bond acceptors (Lipinski definition) is 5. The van der Waals surface area contributed by atoms with Gasteiger partial charge in [0, 0.05) is 6.04 Å². The summed E-state index contributed by atoms with van der Waals surface area (Å²) < 4.78 is 17.4. The summed E-state index contributed by atoms with van der Waals surface area (Å²) in [6.07, 6.45) is 5.59. The molecule has 1 aliphatic rings. The Morgan fingerprint density at radius 2 is 1.94 bits per heavy atom. The zero-order valence-corrected chi connectivity index (χ0v) is 10.2. The van der Waals surface area contributed by atoms with Gasteiger partial charge in [-0.25, -0.2) is 14.4 Å². The van der Waals surface area contributed by atoms with E-state index in [2.05, 4.69) is 15.3 Å². The van der Waals surface area contributed by atoms with Crippen molar-refractivity contribution in [3.63, 3.8) is 0 Å². The van der Waals surface area contributed by atoms with E-state index in [1.807, 2.05) is 0 Å². The maximum atomic E-state index is 12.6. The topological polar surface area (TPSA) is 64.1 Å². The molecule has 98 valence electrons. The standard InChI is InChI=1S/C12H16FN3O2/c1-18-11(17)8-2-4-10(5-3-8)16-12-14-6-9(13)7-15-12/h6-8,10H,2-5H2,1H3,(H,14,15,16). The van der Waals surface area contributed by atoms with Gasteiger partial charge < -0.3 is 10.1 Å². The summed E-state index contributed by atoms with van der Waals surface area (Å²) in [5, 5.41) is 3.14. The molecule has 0 spiro atoms. The molecule has 1 heterocycles. The predicted octanol–water partition coefficient (Wildman–Crippen LogP) is 1.76. The summed E-state index contributed by atoms with van der Waals surface area (Å²) in [5.41, 5.74) is 0. The highest BCUT2D eigenvalue weighted by Crippen LogP contribution is 2.26. The SMILES string of the molecule is COC(=O)C1CCC(Nc2ncc(F)cn2)CC1. The lowest BCUT2D eigenvalue weighted by molar-refractivity contribution is -0.146. The Morgan fingerprint density at radius 3 is 2.50 bits per heavy atom. The smallest absolute Gasteiger partial charge is 0.308 e. The Labute approximate surface area is 105 Å². The van der Waals surface area contributed by atoms with Crippen molar-refractivity contribution in [2.75, 3.05) is 12.4 Å². The summed E-state index contributed by atoms with van der Waals surface area (Å²) in [4.78, 5) is 19.1. The van der Waals surface area contributed by atoms with Crippen LogP contribution in [0.15, 0.2) is 12.4 Å². The summed E-state index contributed by atoms with van der Waals surface area (Å²) in [7, 11) is 1.42. The monoisotopic (exact) mass is 253 g/mol. The molecular weight excluding hydrogens is 237 g/mol. The highest BCUT2D eigenvalue weighted by molar-refractivity contribution is 5.72. The van der Waals surface area contributed by atoms with Crippen LogP contribution in [0.5, 0.6) is 0 Å². The van der Waals surface area contributed by atoms with Crippen LogP contribution in [0.25, 0.3) is 0 Å². The first-order valence-corrected chi connectivity index (χ1v) is 6.01. The summed E-state index contributed by atoms with van der Waals surface area (Å²) in [6.45, 7) is 0. The largest absolute Gasteiger partial charge is 0.469 e. The van der Waals surface area contributed by atoms with Crippen LogP contribution in [0, 0.1) is 11.7 Å². The summed E-state index contributed by atoms with van der Waals surface area (Å²) in [6, 6.07) is 0.233. The molecule has 1 aromatic rings. The molecule has 2 rings (SSSR count). The van der Waals surface area contributed by atoms with Crippen LogP contribution in [0.1, 0.15) is 25.7 Å². The van der Waals surface area contributed by atoms with Crippen molar-refractivity contribution in [2.24, 2.45) is 5.92 Å². The molecule has 0 saturated heterocycles. The van der Waals surface area contributed by atoms with Crippen LogP contribution < -0.4 is 5.32 Å². The number of halogens is 1. The number of carbonyl (C=O) groups excluding carboxylic acids is 1. The Bertz CT molecular complexity index is 402. The number of nitrogens with one attached hydrogen (secondary N) is 1. The fourth-order valence-electron chi connectivity index (χ4n) is 2.21. The van der Waals surface area contributed by atoms with Gasteiger partial charge in [-0.2, -0.15) is 0 Å². The van der Waals surface area contributed by atoms with Crippen molar-refractivity contribution >= 4 is 11.9 Å². The van der Waals surface area contributed by atoms with Crippen LogP contribution >= 0.6 is 0 Å². The second-order valence-corrected chi connectivity index (χ2v) is 4.44. The summed E-state index contributed by atoms with van der Waals surface area (Å²) >= 11 is 0. The van der Waals surface area contributed by atoms with E-state index < -0.39 is 5.82 Å². The van der Waals surface area contributed by atoms with E-state index in [1.54, 1.807) is 0 Å². The predicted molar refractivity (Wildman–Crippen MR) is 63.4 cm³/mol. The zero-order valence-electron chi connectivity index (χ0n) is 10.2. The third kappa shape index (κ3) is 3.15. The lowest BCUT2D eigenvalue weighted by Gasteiger charge is -2.27. The molecule has 0 atom stereocenters. The number of anilines is 1. The number of rotatable bonds is 3. The lowest BCUT2D eigenvalue weighted by atomic mass is 9.86. The Balaban J connectivity index is 1.83. The van der Waals surface area contributed by atoms with Crippen molar-refractivity contribution in [2.45, 2.75) is 31.7 Å². The van der Waals surface area contributed by atoms with Gasteiger partial charge in [-0.05, 0) is 25.7 Å². The Kier molecular flexibility index (Phi) is 4.07. The van der Waals surface area contributed by atoms with Crippen LogP contribution in [0.2, 0.25) is 0 Å². The minimum Gasteiger partial charge on any atom is -0.469 e. The number of hydrogen-bond donors (Lipinski definition) is 1. The molecule has 0 aromatic carbocycles. The van der Waals surface area contributed by atoms with E-state index in [9.17, 15) is 9.18 Å². The molecule has 1 saturated carbocycles. The van der Waals surface area contributed by atoms with E-state index >= 15 is 0 Å². The maximum Gasteiger partial charge on any atom is 0.308 e. The van der Waals surface area contributed by atoms with Gasteiger partial charge >= 0.3 is 5.97 Å². The molecule has 0 radical (unpaired) electrons. The van der Waals surface area contributed by atoms with Gasteiger partial charge in [0.25, 0.3) is 0 Å². The van der Waals surface area contributed by atoms with Crippen molar-refractivity contribution in [1.82, 2.24) is 9.97 Å². The number of aromatic nitrogens is 2. The first-order chi connectivity index (χ1) is 8.69. The normalized spacial score (nSPS) is 23.4. The average molecular weight is 253 g/mol. The third-order valence-corrected chi connectivity index (χ3v) is 3.22. The van der Waals surface area contributed by atoms with Crippen molar-refractivity contribution < 1.29 is 13.9 Å². The molecule has 0 amide bonds. The van der Waals surface area contributed by atoms with E-state index in [4.69, 9.17) is 4.74 Å². The van der Waals surface area contributed by atoms with Crippen molar-refractivity contribution in [1.29, 1.82) is 0 Å². The second kappa shape index (κ2) is 5.75. The maximum absolute atomic E-state index is 12.6. The summed E-state index contributed by atoms with van der Waals surface area (Å²) in [5.74, 6) is -0.151. The molecule has 1 aliphatic carbocycles. The highest BCUT2D eigenvalue weighted by Gasteiger charge is 2.27. The molecule has 18 heavy (non-hydrogen) atoms. The van der Waals surface area contributed by atoms with E-state index in [0.717, 1.165) is 38.1 Å². The number of carbonyl (C=O) groups is 1. The Hall–Kier alpha value is -1.72. The fourth-order valence-corrected chi connectivity index (χ4v) is 2.21. The number of methoxy groups -OCH3 is 1. The van der Waals surface area contributed by atoms with Gasteiger partial charge in [0.05, 0.1) is 25.4 Å². The number of nitrogens with zero attached hydrogens (tertiary/aromatic N) is 2. The Morgan fingerprint density at radius 1 is 1.33 bits per heavy atom. The molecule has 6 heteroatoms. The quantitative estimate of drug-likeness (QED) is 0.831. The fraction of sp³-hybridized carbons (Fsp3) is 0.583. The van der Waals surface area contributed by atoms with Crippen LogP contribution in [0.4, 0.5) is 10.3 Å². The van der Waals surface area contributed by atoms with Crippen molar-refractivity contribution in [3.8, 4) is 0 Å². The van der Waals surface area contributed by atoms with Gasteiger partial charge in [0.15, 0.2) is 5.82 Å². The van der Waals surface area contributed by atoms with Crippen LogP contribution in [-0.4, -0.2) is 29.1 Å². The number of esters is 1. The molecule has 5 nitrogen and oxygen atoms in total. The van der Waals surface area contributed by atoms with Gasteiger partial charge in [-0.3, -0.25) is 4.79 Å². The van der Waals surface area contributed by atoms with E-state index in [0.29, 0.717) is 5.95 Å². The molecule has 0 aliphatic heterocycles. The van der Waals surface area contributed by atoms with Crippen LogP contribution in [-0.2, 0) is 9.53 Å². The van der Waals surface area contributed by atoms with Crippen molar-refractivity contribution in [3.05, 3.63) is 18.2 Å². The molecule has 0 unspecified atom stereocenters. The molecule has 1 N–H and O–H groups in total. The first-order valence-electron chi connectivity index (χ1n) is 6.01. The minimum atomic E-state index is -0.449. The minimum absolute atomic E-state index is 0.00202. The van der Waals surface area contributed by atoms with Gasteiger partial charge in [-0.1, -0.05) is 0 Å². The number of ether oxygens (including phenoxy) is 1. The van der Waals surface area contributed by atoms with Gasteiger partial charge in [0.1, 0.15) is 0 Å². The van der Waals surface area contributed by atoms with Crippen LogP contribution in [0.3, 0.4) is 0 Å². The van der Waals surface area contributed by atoms with Gasteiger partial charge in [0.2, 0.25) is 5.95 Å². The van der Waals surface area contributed by atoms with E-state index in [1.165, 1.54) is 7.11 Å². The second-order valence-electron chi connectivity index (χ2n) is 4.44. The highest BCUT2D eigenvalue weighted by atomic mass is 19.1. The van der Waals surface area contributed by atoms with E-state index in [-0.39, 0.29) is 17.9 Å². The lowest BCUT2D eigenvalue weighted by Crippen LogP contribution is -2.30. The molecule has 1 aromatic heterocycles. The first kappa shape index (κ1) is 12.7. The molecule has 0 bridgehead atoms. The van der Waals surface area contributed by atoms with Gasteiger partial charge in [-0.15, -0.1) is 0 Å². The zero-order chi connectivity index (χ0) is 13.0. The third-order valence-electron chi connectivity index (χ3n) is 3.22. The molecular formula is C12H16FN3O2. The average Bonchev–Trinajstić information content (AvgIpc) is 2.41.